The molecule has 3 unspecified atom stereocenters. The molecule has 3 aromatic rings. The van der Waals surface area contributed by atoms with E-state index in [9.17, 15) is 19.5 Å². The molecule has 32 heavy (non-hydrogen) atoms. The van der Waals surface area contributed by atoms with Crippen LogP contribution in [0.4, 0.5) is 0 Å². The van der Waals surface area contributed by atoms with Crippen molar-refractivity contribution in [3.8, 4) is 0 Å². The number of aliphatic carboxylic acids is 1. The zero-order valence-electron chi connectivity index (χ0n) is 17.5. The fourth-order valence-corrected chi connectivity index (χ4v) is 4.29. The highest BCUT2D eigenvalue weighted by molar-refractivity contribution is 5.94. The molecule has 0 radical (unpaired) electrons. The first-order valence-electron chi connectivity index (χ1n) is 10.6. The second-order valence-corrected chi connectivity index (χ2v) is 8.12. The average molecular weight is 434 g/mol. The van der Waals surface area contributed by atoms with Crippen molar-refractivity contribution >= 4 is 28.7 Å². The maximum Gasteiger partial charge on any atom is 0.326 e. The van der Waals surface area contributed by atoms with Crippen molar-refractivity contribution in [2.75, 3.05) is 6.54 Å². The number of fused-ring (bicyclic) bond motifs is 1. The number of nitrogens with zero attached hydrogens (tertiary/aromatic N) is 1. The molecule has 166 valence electrons. The first-order chi connectivity index (χ1) is 15.4. The summed E-state index contributed by atoms with van der Waals surface area (Å²) in [5.74, 6) is -1.75. The number of carbonyl (C=O) groups excluding carboxylic acids is 2. The monoisotopic (exact) mass is 434 g/mol. The highest BCUT2D eigenvalue weighted by Gasteiger charge is 2.38. The van der Waals surface area contributed by atoms with Gasteiger partial charge in [0.05, 0.1) is 6.04 Å². The molecule has 4 rings (SSSR count). The van der Waals surface area contributed by atoms with Crippen molar-refractivity contribution in [1.29, 1.82) is 0 Å². The van der Waals surface area contributed by atoms with Crippen molar-refractivity contribution in [3.63, 3.8) is 0 Å². The number of piperidine rings is 1. The van der Waals surface area contributed by atoms with Crippen LogP contribution in [0, 0.1) is 0 Å². The summed E-state index contributed by atoms with van der Waals surface area (Å²) < 4.78 is 0. The van der Waals surface area contributed by atoms with E-state index < -0.39 is 24.0 Å². The molecule has 8 nitrogen and oxygen atoms in total. The number of H-pyrrole nitrogens is 1. The van der Waals surface area contributed by atoms with Gasteiger partial charge in [-0.05, 0) is 43.0 Å². The van der Waals surface area contributed by atoms with E-state index in [0.29, 0.717) is 18.4 Å². The summed E-state index contributed by atoms with van der Waals surface area (Å²) in [6.07, 6.45) is 2.74. The van der Waals surface area contributed by atoms with Crippen LogP contribution >= 0.6 is 0 Å². The molecule has 1 aliphatic heterocycles. The number of aromatic amines is 1. The lowest BCUT2D eigenvalue weighted by atomic mass is 9.95. The number of carboxylic acids is 1. The van der Waals surface area contributed by atoms with Gasteiger partial charge in [-0.3, -0.25) is 9.59 Å². The Bertz CT molecular complexity index is 1130. The van der Waals surface area contributed by atoms with Gasteiger partial charge in [-0.1, -0.05) is 36.4 Å². The van der Waals surface area contributed by atoms with Crippen molar-refractivity contribution < 1.29 is 19.5 Å². The maximum absolute atomic E-state index is 13.1. The molecule has 1 aliphatic rings. The Balaban J connectivity index is 1.42. The second kappa shape index (κ2) is 9.23. The largest absolute Gasteiger partial charge is 0.480 e. The maximum atomic E-state index is 13.1. The number of rotatable bonds is 6. The zero-order valence-corrected chi connectivity index (χ0v) is 17.5. The number of benzene rings is 2. The van der Waals surface area contributed by atoms with Crippen LogP contribution in [0.1, 0.15) is 28.8 Å². The summed E-state index contributed by atoms with van der Waals surface area (Å²) in [4.78, 5) is 41.9. The first-order valence-corrected chi connectivity index (χ1v) is 10.6. The zero-order chi connectivity index (χ0) is 22.7. The number of likely N-dealkylation sites (tertiary alicyclic amines) is 1. The van der Waals surface area contributed by atoms with E-state index in [1.807, 2.05) is 36.5 Å². The SMILES string of the molecule is NC(Cc1c[nH]c2ccccc12)C(=O)N1CCC(NC(=O)c2ccccc2)CC1C(=O)O. The predicted molar refractivity (Wildman–Crippen MR) is 120 cm³/mol. The average Bonchev–Trinajstić information content (AvgIpc) is 3.22. The predicted octanol–water partition coefficient (Wildman–Crippen LogP) is 1.91. The minimum absolute atomic E-state index is 0.138. The molecule has 0 saturated carbocycles. The third-order valence-corrected chi connectivity index (χ3v) is 5.97. The van der Waals surface area contributed by atoms with Crippen LogP contribution in [-0.4, -0.2) is 57.4 Å². The van der Waals surface area contributed by atoms with E-state index in [-0.39, 0.29) is 24.9 Å². The molecular formula is C24H26N4O4. The molecule has 1 fully saturated rings. The van der Waals surface area contributed by atoms with Gasteiger partial charge in [0.25, 0.3) is 5.91 Å². The second-order valence-electron chi connectivity index (χ2n) is 8.12. The van der Waals surface area contributed by atoms with Gasteiger partial charge in [0.1, 0.15) is 6.04 Å². The highest BCUT2D eigenvalue weighted by atomic mass is 16.4. The molecule has 5 N–H and O–H groups in total. The quantitative estimate of drug-likeness (QED) is 0.471. The molecule has 1 aromatic heterocycles. The van der Waals surface area contributed by atoms with Crippen molar-refractivity contribution in [3.05, 3.63) is 71.9 Å². The highest BCUT2D eigenvalue weighted by Crippen LogP contribution is 2.22. The summed E-state index contributed by atoms with van der Waals surface area (Å²) >= 11 is 0. The van der Waals surface area contributed by atoms with E-state index >= 15 is 0 Å². The molecule has 8 heteroatoms. The molecule has 2 heterocycles. The Hall–Kier alpha value is -3.65. The molecule has 3 atom stereocenters. The minimum Gasteiger partial charge on any atom is -0.480 e. The number of aromatic nitrogens is 1. The Morgan fingerprint density at radius 1 is 1.12 bits per heavy atom. The van der Waals surface area contributed by atoms with E-state index in [1.54, 1.807) is 24.3 Å². The van der Waals surface area contributed by atoms with E-state index in [0.717, 1.165) is 16.5 Å². The first kappa shape index (κ1) is 21.6. The van der Waals surface area contributed by atoms with Crippen LogP contribution in [0.3, 0.4) is 0 Å². The molecule has 2 aromatic carbocycles. The van der Waals surface area contributed by atoms with Gasteiger partial charge in [0, 0.05) is 35.2 Å². The van der Waals surface area contributed by atoms with Crippen LogP contribution in [0.2, 0.25) is 0 Å². The number of para-hydroxylation sites is 1. The van der Waals surface area contributed by atoms with Crippen LogP contribution in [0.25, 0.3) is 10.9 Å². The lowest BCUT2D eigenvalue weighted by molar-refractivity contribution is -0.153. The topological polar surface area (TPSA) is 129 Å². The number of hydrogen-bond donors (Lipinski definition) is 4. The lowest BCUT2D eigenvalue weighted by Gasteiger charge is -2.38. The van der Waals surface area contributed by atoms with Crippen LogP contribution in [0.5, 0.6) is 0 Å². The van der Waals surface area contributed by atoms with Gasteiger partial charge in [-0.2, -0.15) is 0 Å². The number of amides is 2. The molecular weight excluding hydrogens is 408 g/mol. The Kier molecular flexibility index (Phi) is 6.23. The third-order valence-electron chi connectivity index (χ3n) is 5.97. The molecule has 0 aliphatic carbocycles. The van der Waals surface area contributed by atoms with Gasteiger partial charge in [0.15, 0.2) is 0 Å². The van der Waals surface area contributed by atoms with Gasteiger partial charge >= 0.3 is 5.97 Å². The normalized spacial score (nSPS) is 19.5. The molecule has 1 saturated heterocycles. The molecule has 2 amide bonds. The van der Waals surface area contributed by atoms with Gasteiger partial charge in [0.2, 0.25) is 5.91 Å². The summed E-state index contributed by atoms with van der Waals surface area (Å²) in [5.41, 5.74) is 8.60. The summed E-state index contributed by atoms with van der Waals surface area (Å²) in [7, 11) is 0. The summed E-state index contributed by atoms with van der Waals surface area (Å²) in [6.45, 7) is 0.219. The Labute approximate surface area is 185 Å². The van der Waals surface area contributed by atoms with Crippen molar-refractivity contribution in [1.82, 2.24) is 15.2 Å². The fourth-order valence-electron chi connectivity index (χ4n) is 4.29. The van der Waals surface area contributed by atoms with E-state index in [2.05, 4.69) is 10.3 Å². The third kappa shape index (κ3) is 4.50. The van der Waals surface area contributed by atoms with Crippen LogP contribution in [0.15, 0.2) is 60.8 Å². The Morgan fingerprint density at radius 2 is 1.84 bits per heavy atom. The smallest absolute Gasteiger partial charge is 0.326 e. The fraction of sp³-hybridized carbons (Fsp3) is 0.292. The van der Waals surface area contributed by atoms with Gasteiger partial charge < -0.3 is 26.0 Å². The number of hydrogen-bond acceptors (Lipinski definition) is 4. The van der Waals surface area contributed by atoms with Crippen molar-refractivity contribution in [2.45, 2.75) is 37.4 Å². The number of nitrogens with one attached hydrogen (secondary N) is 2. The van der Waals surface area contributed by atoms with Crippen LogP contribution in [-0.2, 0) is 16.0 Å². The van der Waals surface area contributed by atoms with E-state index in [4.69, 9.17) is 5.73 Å². The van der Waals surface area contributed by atoms with Gasteiger partial charge in [-0.15, -0.1) is 0 Å². The van der Waals surface area contributed by atoms with Gasteiger partial charge in [-0.25, -0.2) is 4.79 Å². The molecule has 0 bridgehead atoms. The van der Waals surface area contributed by atoms with Crippen LogP contribution < -0.4 is 11.1 Å². The lowest BCUT2D eigenvalue weighted by Crippen LogP contribution is -2.58. The van der Waals surface area contributed by atoms with E-state index in [1.165, 1.54) is 4.90 Å². The number of carboxylic acid groups (broad SMARTS) is 1. The number of nitrogens with two attached hydrogens (primary N) is 1. The summed E-state index contributed by atoms with van der Waals surface area (Å²) in [5, 5.41) is 13.6. The Morgan fingerprint density at radius 3 is 2.59 bits per heavy atom. The summed E-state index contributed by atoms with van der Waals surface area (Å²) in [6, 6.07) is 14.3. The number of carbonyl (C=O) groups is 3. The molecule has 0 spiro atoms. The standard InChI is InChI=1S/C24H26N4O4/c25-19(12-16-14-26-20-9-5-4-8-18(16)20)23(30)28-11-10-17(13-21(28)24(31)32)27-22(29)15-6-2-1-3-7-15/h1-9,14,17,19,21,26H,10-13,25H2,(H,27,29)(H,31,32). The minimum atomic E-state index is -1.10. The van der Waals surface area contributed by atoms with Crippen molar-refractivity contribution in [2.24, 2.45) is 5.73 Å².